The molecule has 3 N–H and O–H groups in total. The normalized spacial score (nSPS) is 14.5. The van der Waals surface area contributed by atoms with E-state index in [4.69, 9.17) is 31.3 Å². The Morgan fingerprint density at radius 1 is 1.21 bits per heavy atom. The minimum atomic E-state index is -0.867. The summed E-state index contributed by atoms with van der Waals surface area (Å²) in [5.74, 6) is 1.53. The second kappa shape index (κ2) is 11.4. The van der Waals surface area contributed by atoms with Gasteiger partial charge in [0, 0.05) is 31.5 Å². The highest BCUT2D eigenvalue weighted by atomic mass is 35.5. The molecule has 4 rings (SSSR count). The summed E-state index contributed by atoms with van der Waals surface area (Å²) < 4.78 is 13.3. The third-order valence-electron chi connectivity index (χ3n) is 5.82. The molecule has 1 amide bonds. The number of aromatic nitrogens is 3. The lowest BCUT2D eigenvalue weighted by atomic mass is 9.98. The van der Waals surface area contributed by atoms with Crippen molar-refractivity contribution < 1.29 is 24.5 Å². The third-order valence-corrected chi connectivity index (χ3v) is 6.11. The highest BCUT2D eigenvalue weighted by Gasteiger charge is 2.23. The maximum atomic E-state index is 11.0. The van der Waals surface area contributed by atoms with Crippen molar-refractivity contribution in [3.8, 4) is 5.75 Å². The Kier molecular flexibility index (Phi) is 8.04. The molecule has 0 radical (unpaired) electrons. The van der Waals surface area contributed by atoms with Gasteiger partial charge >= 0.3 is 6.09 Å². The van der Waals surface area contributed by atoms with Crippen LogP contribution in [0.15, 0.2) is 36.8 Å². The van der Waals surface area contributed by atoms with Crippen molar-refractivity contribution in [1.29, 1.82) is 0 Å². The number of fused-ring (bicyclic) bond motifs is 1. The van der Waals surface area contributed by atoms with Crippen LogP contribution in [0.5, 0.6) is 5.75 Å². The summed E-state index contributed by atoms with van der Waals surface area (Å²) in [6, 6.07) is 7.39. The average Bonchev–Trinajstić information content (AvgIpc) is 3.26. The number of likely N-dealkylation sites (tertiary alicyclic amines) is 1. The van der Waals surface area contributed by atoms with Gasteiger partial charge in [-0.1, -0.05) is 11.6 Å². The summed E-state index contributed by atoms with van der Waals surface area (Å²) in [6.45, 7) is 2.92. The van der Waals surface area contributed by atoms with Crippen LogP contribution in [0.4, 0.5) is 16.3 Å². The van der Waals surface area contributed by atoms with Gasteiger partial charge in [0.05, 0.1) is 37.0 Å². The molecule has 3 heterocycles. The molecule has 3 aromatic rings. The summed E-state index contributed by atoms with van der Waals surface area (Å²) in [4.78, 5) is 21.2. The molecule has 34 heavy (non-hydrogen) atoms. The van der Waals surface area contributed by atoms with Crippen LogP contribution in [0, 0.1) is 5.92 Å². The van der Waals surface area contributed by atoms with Gasteiger partial charge in [0.15, 0.2) is 5.82 Å². The van der Waals surface area contributed by atoms with Crippen molar-refractivity contribution in [3.63, 3.8) is 0 Å². The summed E-state index contributed by atoms with van der Waals surface area (Å²) in [5, 5.41) is 21.7. The number of aliphatic hydroxyl groups excluding tert-OH is 1. The lowest BCUT2D eigenvalue weighted by Crippen LogP contribution is -2.38. The van der Waals surface area contributed by atoms with Gasteiger partial charge in [-0.25, -0.2) is 14.8 Å². The Bertz CT molecular complexity index is 1120. The molecule has 1 aromatic carbocycles. The molecule has 1 fully saturated rings. The fraction of sp³-hybridized carbons (Fsp3) is 0.435. The van der Waals surface area contributed by atoms with E-state index in [0.717, 1.165) is 29.6 Å². The number of carbonyl (C=O) groups is 1. The first-order valence-corrected chi connectivity index (χ1v) is 11.6. The minimum Gasteiger partial charge on any atom is -0.492 e. The molecule has 2 aromatic heterocycles. The van der Waals surface area contributed by atoms with Crippen molar-refractivity contribution in [1.82, 2.24) is 19.4 Å². The molecule has 0 aliphatic carbocycles. The van der Waals surface area contributed by atoms with E-state index >= 15 is 0 Å². The van der Waals surface area contributed by atoms with E-state index < -0.39 is 6.09 Å². The number of nitrogens with zero attached hydrogens (tertiary/aromatic N) is 4. The molecule has 0 bridgehead atoms. The predicted octanol–water partition coefficient (Wildman–Crippen LogP) is 3.61. The molecule has 182 valence electrons. The van der Waals surface area contributed by atoms with Crippen LogP contribution in [-0.2, 0) is 11.3 Å². The Morgan fingerprint density at radius 3 is 2.76 bits per heavy atom. The van der Waals surface area contributed by atoms with E-state index in [1.807, 2.05) is 29.0 Å². The standard InChI is InChI=1S/C23H28ClN5O5/c24-18-13-17(1-2-20(18)34-14-16-3-6-29(7-4-16)23(31)32)27-22-21-19(25-15-26-22)5-8-28(21)9-11-33-12-10-30/h1-2,5,8,13,15-16,30H,3-4,6-7,9-12,14H2,(H,31,32)(H,25,26,27). The van der Waals surface area contributed by atoms with Crippen LogP contribution in [0.3, 0.4) is 0 Å². The van der Waals surface area contributed by atoms with Crippen molar-refractivity contribution in [3.05, 3.63) is 41.8 Å². The van der Waals surface area contributed by atoms with Crippen LogP contribution >= 0.6 is 11.6 Å². The summed E-state index contributed by atoms with van der Waals surface area (Å²) in [6.07, 6.45) is 4.12. The number of anilines is 2. The van der Waals surface area contributed by atoms with Gasteiger partial charge in [0.25, 0.3) is 0 Å². The Hall–Kier alpha value is -3.08. The van der Waals surface area contributed by atoms with Crippen molar-refractivity contribution in [2.45, 2.75) is 19.4 Å². The average molecular weight is 490 g/mol. The third kappa shape index (κ3) is 5.88. The van der Waals surface area contributed by atoms with E-state index in [0.29, 0.717) is 62.0 Å². The zero-order valence-electron chi connectivity index (χ0n) is 18.7. The van der Waals surface area contributed by atoms with Crippen molar-refractivity contribution in [2.24, 2.45) is 5.92 Å². The number of amides is 1. The van der Waals surface area contributed by atoms with Gasteiger partial charge in [-0.3, -0.25) is 0 Å². The van der Waals surface area contributed by atoms with Crippen LogP contribution in [-0.4, -0.2) is 75.3 Å². The molecule has 0 atom stereocenters. The highest BCUT2D eigenvalue weighted by molar-refractivity contribution is 6.32. The lowest BCUT2D eigenvalue weighted by molar-refractivity contribution is 0.0875. The number of nitrogens with one attached hydrogen (secondary N) is 1. The summed E-state index contributed by atoms with van der Waals surface area (Å²) in [5.41, 5.74) is 2.41. The first kappa shape index (κ1) is 24.1. The number of hydrogen-bond donors (Lipinski definition) is 3. The van der Waals surface area contributed by atoms with Crippen LogP contribution in [0.1, 0.15) is 12.8 Å². The largest absolute Gasteiger partial charge is 0.492 e. The van der Waals surface area contributed by atoms with E-state index in [2.05, 4.69) is 15.3 Å². The molecular weight excluding hydrogens is 462 g/mol. The molecule has 11 heteroatoms. The number of hydrogen-bond acceptors (Lipinski definition) is 7. The summed E-state index contributed by atoms with van der Waals surface area (Å²) in [7, 11) is 0. The van der Waals surface area contributed by atoms with Gasteiger partial charge < -0.3 is 34.5 Å². The van der Waals surface area contributed by atoms with Crippen LogP contribution in [0.25, 0.3) is 11.0 Å². The molecule has 1 saturated heterocycles. The number of benzene rings is 1. The predicted molar refractivity (Wildman–Crippen MR) is 128 cm³/mol. The Balaban J connectivity index is 1.39. The number of aliphatic hydroxyl groups is 1. The SMILES string of the molecule is O=C(O)N1CCC(COc2ccc(Nc3ncnc4ccn(CCOCCO)c34)cc2Cl)CC1. The Labute approximate surface area is 202 Å². The number of piperidine rings is 1. The van der Waals surface area contributed by atoms with Crippen molar-refractivity contribution in [2.75, 3.05) is 44.8 Å². The smallest absolute Gasteiger partial charge is 0.407 e. The van der Waals surface area contributed by atoms with Gasteiger partial charge in [-0.2, -0.15) is 0 Å². The van der Waals surface area contributed by atoms with E-state index in [1.54, 1.807) is 6.07 Å². The second-order valence-corrected chi connectivity index (χ2v) is 8.50. The number of rotatable bonds is 10. The monoisotopic (exact) mass is 489 g/mol. The fourth-order valence-corrected chi connectivity index (χ4v) is 4.21. The highest BCUT2D eigenvalue weighted by Crippen LogP contribution is 2.31. The van der Waals surface area contributed by atoms with Gasteiger partial charge in [0.1, 0.15) is 17.6 Å². The first-order chi connectivity index (χ1) is 16.5. The maximum absolute atomic E-state index is 11.0. The number of ether oxygens (including phenoxy) is 2. The molecule has 1 aliphatic rings. The van der Waals surface area contributed by atoms with Crippen LogP contribution < -0.4 is 10.1 Å². The molecule has 1 aliphatic heterocycles. The number of carboxylic acid groups (broad SMARTS) is 1. The Morgan fingerprint density at radius 2 is 2.03 bits per heavy atom. The van der Waals surface area contributed by atoms with E-state index in [1.165, 1.54) is 11.2 Å². The summed E-state index contributed by atoms with van der Waals surface area (Å²) >= 11 is 6.48. The van der Waals surface area contributed by atoms with Crippen molar-refractivity contribution >= 4 is 40.2 Å². The lowest BCUT2D eigenvalue weighted by Gasteiger charge is -2.29. The van der Waals surface area contributed by atoms with Gasteiger partial charge in [-0.15, -0.1) is 0 Å². The molecule has 10 nitrogen and oxygen atoms in total. The van der Waals surface area contributed by atoms with E-state index in [-0.39, 0.29) is 6.61 Å². The van der Waals surface area contributed by atoms with Crippen LogP contribution in [0.2, 0.25) is 5.02 Å². The first-order valence-electron chi connectivity index (χ1n) is 11.2. The zero-order valence-corrected chi connectivity index (χ0v) is 19.4. The second-order valence-electron chi connectivity index (χ2n) is 8.10. The quantitative estimate of drug-likeness (QED) is 0.369. The molecule has 0 spiro atoms. The molecule has 0 saturated carbocycles. The molecular formula is C23H28ClN5O5. The van der Waals surface area contributed by atoms with Gasteiger partial charge in [-0.05, 0) is 43.0 Å². The fourth-order valence-electron chi connectivity index (χ4n) is 3.97. The molecule has 0 unspecified atom stereocenters. The zero-order chi connectivity index (χ0) is 23.9. The maximum Gasteiger partial charge on any atom is 0.407 e. The minimum absolute atomic E-state index is 0.00715. The topological polar surface area (TPSA) is 122 Å². The van der Waals surface area contributed by atoms with E-state index in [9.17, 15) is 4.79 Å². The van der Waals surface area contributed by atoms with Gasteiger partial charge in [0.2, 0.25) is 0 Å². The number of halogens is 1.